The molecule has 0 spiro atoms. The van der Waals surface area contributed by atoms with Gasteiger partial charge in [-0.3, -0.25) is 4.79 Å². The smallest absolute Gasteiger partial charge is 0.225 e. The lowest BCUT2D eigenvalue weighted by Crippen LogP contribution is -2.28. The lowest BCUT2D eigenvalue weighted by Gasteiger charge is -2.15. The highest BCUT2D eigenvalue weighted by Crippen LogP contribution is 2.16. The van der Waals surface area contributed by atoms with Crippen LogP contribution in [0.2, 0.25) is 0 Å². The maximum absolute atomic E-state index is 11.5. The topological polar surface area (TPSA) is 40.5 Å². The molecule has 1 N–H and O–H groups in total. The van der Waals surface area contributed by atoms with Crippen LogP contribution in [-0.2, 0) is 11.2 Å². The molecule has 0 radical (unpaired) electrons. The maximum atomic E-state index is 11.5. The Bertz CT molecular complexity index is 411. The summed E-state index contributed by atoms with van der Waals surface area (Å²) in [4.78, 5) is 13.3. The van der Waals surface area contributed by atoms with Gasteiger partial charge < -0.3 is 10.0 Å². The van der Waals surface area contributed by atoms with E-state index >= 15 is 0 Å². The van der Waals surface area contributed by atoms with Crippen LogP contribution in [0, 0.1) is 0 Å². The van der Waals surface area contributed by atoms with Crippen molar-refractivity contribution in [3.63, 3.8) is 0 Å². The third-order valence-corrected chi connectivity index (χ3v) is 3.51. The van der Waals surface area contributed by atoms with E-state index in [4.69, 9.17) is 0 Å². The number of aliphatic hydroxyl groups is 1. The van der Waals surface area contributed by atoms with E-state index in [0.29, 0.717) is 19.0 Å². The minimum atomic E-state index is -0.471. The van der Waals surface area contributed by atoms with Crippen molar-refractivity contribution in [3.05, 3.63) is 35.4 Å². The summed E-state index contributed by atoms with van der Waals surface area (Å²) in [5.74, 6) is 0.621. The first-order chi connectivity index (χ1) is 8.56. The van der Waals surface area contributed by atoms with Crippen LogP contribution in [0.5, 0.6) is 0 Å². The van der Waals surface area contributed by atoms with Crippen molar-refractivity contribution in [1.29, 1.82) is 0 Å². The number of benzene rings is 1. The summed E-state index contributed by atoms with van der Waals surface area (Å²) in [7, 11) is 0. The zero-order valence-corrected chi connectivity index (χ0v) is 11.1. The molecular formula is C15H21NO2. The molecule has 1 fully saturated rings. The van der Waals surface area contributed by atoms with E-state index in [0.717, 1.165) is 6.42 Å². The van der Waals surface area contributed by atoms with Crippen LogP contribution in [-0.4, -0.2) is 35.1 Å². The van der Waals surface area contributed by atoms with Gasteiger partial charge >= 0.3 is 0 Å². The fourth-order valence-corrected chi connectivity index (χ4v) is 2.30. The number of hydrogen-bond acceptors (Lipinski definition) is 2. The van der Waals surface area contributed by atoms with Gasteiger partial charge in [-0.25, -0.2) is 0 Å². The Labute approximate surface area is 108 Å². The molecule has 18 heavy (non-hydrogen) atoms. The fourth-order valence-electron chi connectivity index (χ4n) is 2.30. The summed E-state index contributed by atoms with van der Waals surface area (Å²) in [6.07, 6.45) is 0.671. The minimum absolute atomic E-state index is 0.0706. The lowest BCUT2D eigenvalue weighted by atomic mass is 10.0. The summed E-state index contributed by atoms with van der Waals surface area (Å²) in [5, 5.41) is 9.40. The van der Waals surface area contributed by atoms with Crippen molar-refractivity contribution < 1.29 is 9.90 Å². The number of β-amino-alcohol motifs (C(OH)–C–C–N with tert-alkyl or cyclic N) is 1. The van der Waals surface area contributed by atoms with Crippen molar-refractivity contribution in [3.8, 4) is 0 Å². The van der Waals surface area contributed by atoms with E-state index < -0.39 is 6.10 Å². The molecule has 1 amide bonds. The van der Waals surface area contributed by atoms with Gasteiger partial charge in [-0.05, 0) is 23.5 Å². The van der Waals surface area contributed by atoms with Gasteiger partial charge in [0.2, 0.25) is 5.91 Å². The van der Waals surface area contributed by atoms with Crippen molar-refractivity contribution >= 4 is 5.91 Å². The molecule has 1 unspecified atom stereocenters. The quantitative estimate of drug-likeness (QED) is 0.883. The summed E-state index contributed by atoms with van der Waals surface area (Å²) in [5.41, 5.74) is 2.58. The van der Waals surface area contributed by atoms with Crippen LogP contribution in [0.15, 0.2) is 24.3 Å². The average Bonchev–Trinajstić information content (AvgIpc) is 2.66. The Morgan fingerprint density at radius 1 is 1.33 bits per heavy atom. The number of rotatable bonds is 4. The van der Waals surface area contributed by atoms with Gasteiger partial charge in [0.15, 0.2) is 0 Å². The Hall–Kier alpha value is -1.35. The Morgan fingerprint density at radius 2 is 2.00 bits per heavy atom. The predicted molar refractivity (Wildman–Crippen MR) is 71.4 cm³/mol. The first-order valence-electron chi connectivity index (χ1n) is 6.61. The molecule has 1 atom stereocenters. The number of hydrogen-bond donors (Lipinski definition) is 1. The zero-order valence-electron chi connectivity index (χ0n) is 11.1. The van der Waals surface area contributed by atoms with Crippen molar-refractivity contribution in [1.82, 2.24) is 4.90 Å². The zero-order chi connectivity index (χ0) is 13.1. The number of likely N-dealkylation sites (tertiary alicyclic amines) is 1. The van der Waals surface area contributed by atoms with Crippen molar-refractivity contribution in [2.75, 3.05) is 13.1 Å². The summed E-state index contributed by atoms with van der Waals surface area (Å²) in [6.45, 7) is 5.55. The highest BCUT2D eigenvalue weighted by Gasteiger charge is 2.27. The van der Waals surface area contributed by atoms with Gasteiger partial charge in [0.05, 0.1) is 12.5 Å². The molecule has 1 saturated heterocycles. The van der Waals surface area contributed by atoms with E-state index in [-0.39, 0.29) is 12.3 Å². The molecule has 1 aliphatic heterocycles. The Morgan fingerprint density at radius 3 is 2.50 bits per heavy atom. The van der Waals surface area contributed by atoms with E-state index in [9.17, 15) is 9.90 Å². The van der Waals surface area contributed by atoms with Crippen LogP contribution in [0.4, 0.5) is 0 Å². The summed E-state index contributed by atoms with van der Waals surface area (Å²) >= 11 is 0. The Kier molecular flexibility index (Phi) is 4.02. The summed E-state index contributed by atoms with van der Waals surface area (Å²) < 4.78 is 0. The van der Waals surface area contributed by atoms with Gasteiger partial charge in [-0.2, -0.15) is 0 Å². The molecular weight excluding hydrogens is 226 g/mol. The Balaban J connectivity index is 1.88. The van der Waals surface area contributed by atoms with Crippen LogP contribution in [0.1, 0.15) is 37.3 Å². The van der Waals surface area contributed by atoms with Crippen LogP contribution < -0.4 is 0 Å². The van der Waals surface area contributed by atoms with E-state index in [1.54, 1.807) is 4.90 Å². The molecule has 1 aliphatic rings. The predicted octanol–water partition coefficient (Wildman–Crippen LogP) is 1.95. The first-order valence-corrected chi connectivity index (χ1v) is 6.61. The van der Waals surface area contributed by atoms with Crippen molar-refractivity contribution in [2.45, 2.75) is 38.7 Å². The molecule has 3 nitrogen and oxygen atoms in total. The second-order valence-corrected chi connectivity index (χ2v) is 5.34. The fraction of sp³-hybridized carbons (Fsp3) is 0.533. The largest absolute Gasteiger partial charge is 0.391 e. The average molecular weight is 247 g/mol. The third kappa shape index (κ3) is 3.10. The molecule has 3 heteroatoms. The highest BCUT2D eigenvalue weighted by atomic mass is 16.3. The first kappa shape index (κ1) is 13.1. The van der Waals surface area contributed by atoms with E-state index in [2.05, 4.69) is 38.1 Å². The molecule has 1 aromatic rings. The van der Waals surface area contributed by atoms with Crippen LogP contribution in [0.3, 0.4) is 0 Å². The van der Waals surface area contributed by atoms with Gasteiger partial charge in [0, 0.05) is 13.1 Å². The van der Waals surface area contributed by atoms with Gasteiger partial charge in [0.25, 0.3) is 0 Å². The normalized spacial score (nSPS) is 19.9. The maximum Gasteiger partial charge on any atom is 0.225 e. The minimum Gasteiger partial charge on any atom is -0.391 e. The molecule has 2 rings (SSSR count). The number of aliphatic hydroxyl groups excluding tert-OH is 1. The third-order valence-electron chi connectivity index (χ3n) is 3.51. The second kappa shape index (κ2) is 5.53. The molecule has 0 bridgehead atoms. The molecule has 98 valence electrons. The van der Waals surface area contributed by atoms with E-state index in [1.165, 1.54) is 11.1 Å². The summed E-state index contributed by atoms with van der Waals surface area (Å²) in [6, 6.07) is 8.57. The van der Waals surface area contributed by atoms with Gasteiger partial charge in [-0.15, -0.1) is 0 Å². The molecule has 0 aliphatic carbocycles. The second-order valence-electron chi connectivity index (χ2n) is 5.34. The van der Waals surface area contributed by atoms with Gasteiger partial charge in [-0.1, -0.05) is 38.1 Å². The van der Waals surface area contributed by atoms with Gasteiger partial charge in [0.1, 0.15) is 0 Å². The van der Waals surface area contributed by atoms with Crippen LogP contribution >= 0.6 is 0 Å². The molecule has 0 aromatic heterocycles. The SMILES string of the molecule is CC(C)c1ccc(CCN2CC(O)CC2=O)cc1. The molecule has 1 heterocycles. The molecule has 0 saturated carbocycles. The number of carbonyl (C=O) groups is 1. The highest BCUT2D eigenvalue weighted by molar-refractivity contribution is 5.79. The van der Waals surface area contributed by atoms with Crippen molar-refractivity contribution in [2.24, 2.45) is 0 Å². The van der Waals surface area contributed by atoms with Crippen LogP contribution in [0.25, 0.3) is 0 Å². The lowest BCUT2D eigenvalue weighted by molar-refractivity contribution is -0.127. The van der Waals surface area contributed by atoms with E-state index in [1.807, 2.05) is 0 Å². The standard InChI is InChI=1S/C15H21NO2/c1-11(2)13-5-3-12(4-6-13)7-8-16-10-14(17)9-15(16)18/h3-6,11,14,17H,7-10H2,1-2H3. The number of carbonyl (C=O) groups excluding carboxylic acids is 1. The molecule has 1 aromatic carbocycles. The number of nitrogens with zero attached hydrogens (tertiary/aromatic N) is 1. The monoisotopic (exact) mass is 247 g/mol. The number of amides is 1.